The van der Waals surface area contributed by atoms with Crippen LogP contribution in [0.4, 0.5) is 0 Å². The van der Waals surface area contributed by atoms with Crippen LogP contribution in [0.2, 0.25) is 0 Å². The summed E-state index contributed by atoms with van der Waals surface area (Å²) in [6, 6.07) is 0. The highest BCUT2D eigenvalue weighted by Crippen LogP contribution is 2.73. The first kappa shape index (κ1) is 38.7. The average Bonchev–Trinajstić information content (AvgIpc) is 2.88. The summed E-state index contributed by atoms with van der Waals surface area (Å²) in [5.41, 5.74) is 0. The first-order chi connectivity index (χ1) is 19.4. The lowest BCUT2D eigenvalue weighted by atomic mass is 10.2. The van der Waals surface area contributed by atoms with Gasteiger partial charge in [-0.15, -0.1) is 0 Å². The Hall–Kier alpha value is -2.29. The Kier molecular flexibility index (Phi) is 20.2. The summed E-state index contributed by atoms with van der Waals surface area (Å²) in [5.74, 6) is -10.0. The number of esters is 6. The van der Waals surface area contributed by atoms with Crippen LogP contribution in [0.25, 0.3) is 0 Å². The van der Waals surface area contributed by atoms with Crippen molar-refractivity contribution in [2.24, 2.45) is 0 Å². The molecule has 3 atom stereocenters. The Morgan fingerprint density at radius 1 is 0.512 bits per heavy atom. The van der Waals surface area contributed by atoms with Crippen LogP contribution in [0.3, 0.4) is 0 Å². The second-order valence-electron chi connectivity index (χ2n) is 7.51. The van der Waals surface area contributed by atoms with Gasteiger partial charge in [0.25, 0.3) is 0 Å². The third-order valence-corrected chi connectivity index (χ3v) is 11.8. The molecule has 0 aromatic rings. The minimum absolute atomic E-state index is 0.00307. The van der Waals surface area contributed by atoms with Crippen LogP contribution in [0.1, 0.15) is 60.8 Å². The predicted octanol–water partition coefficient (Wildman–Crippen LogP) is 3.23. The number of rotatable bonds is 21. The molecule has 0 radical (unpaired) electrons. The van der Waals surface area contributed by atoms with E-state index in [4.69, 9.17) is 32.9 Å². The molecule has 0 aliphatic carbocycles. The van der Waals surface area contributed by atoms with Crippen molar-refractivity contribution in [3.8, 4) is 0 Å². The molecule has 0 heterocycles. The van der Waals surface area contributed by atoms with Crippen molar-refractivity contribution in [3.05, 3.63) is 0 Å². The van der Waals surface area contributed by atoms with E-state index < -0.39 is 77.5 Å². The number of hydrogen-bond acceptors (Lipinski definition) is 16. The minimum Gasteiger partial charge on any atom is -0.466 e. The zero-order valence-corrected chi connectivity index (χ0v) is 26.6. The molecule has 0 rings (SSSR count). The molecule has 17 heteroatoms. The number of ether oxygens (including phenoxy) is 6. The minimum atomic E-state index is -4.54. The summed E-state index contributed by atoms with van der Waals surface area (Å²) in [6.45, 7) is 8.84. The molecule has 0 fully saturated rings. The highest BCUT2D eigenvalue weighted by Gasteiger charge is 2.44. The molecule has 0 spiro atoms. The number of hydrogen-bond donors (Lipinski definition) is 0. The lowest BCUT2D eigenvalue weighted by Crippen LogP contribution is -2.30. The summed E-state index contributed by atoms with van der Waals surface area (Å²) in [5, 5.41) is -2.97. The van der Waals surface area contributed by atoms with Crippen molar-refractivity contribution in [1.29, 1.82) is 0 Å². The molecule has 236 valence electrons. The summed E-state index contributed by atoms with van der Waals surface area (Å²) < 4.78 is 49.8. The lowest BCUT2D eigenvalue weighted by molar-refractivity contribution is -0.157. The fourth-order valence-corrected chi connectivity index (χ4v) is 11.0. The van der Waals surface area contributed by atoms with E-state index in [1.54, 1.807) is 13.8 Å². The average molecular weight is 647 g/mol. The van der Waals surface area contributed by atoms with E-state index in [-0.39, 0.29) is 39.6 Å². The van der Waals surface area contributed by atoms with Gasteiger partial charge in [0, 0.05) is 0 Å². The zero-order valence-electron chi connectivity index (χ0n) is 24.1. The molecule has 14 nitrogen and oxygen atoms in total. The summed E-state index contributed by atoms with van der Waals surface area (Å²) >= 11 is 0.608. The van der Waals surface area contributed by atoms with Gasteiger partial charge >= 0.3 is 41.6 Å². The van der Waals surface area contributed by atoms with E-state index in [1.807, 2.05) is 0 Å². The molecule has 0 aromatic heterocycles. The van der Waals surface area contributed by atoms with E-state index in [0.29, 0.717) is 22.8 Å². The lowest BCUT2D eigenvalue weighted by Gasteiger charge is -2.27. The molecule has 0 amide bonds. The van der Waals surface area contributed by atoms with E-state index in [1.165, 1.54) is 27.7 Å². The van der Waals surface area contributed by atoms with E-state index >= 15 is 0 Å². The molecular formula is C24H39O14PS2. The molecule has 3 unspecified atom stereocenters. The van der Waals surface area contributed by atoms with Crippen molar-refractivity contribution < 1.29 is 66.3 Å². The van der Waals surface area contributed by atoms with Crippen molar-refractivity contribution in [1.82, 2.24) is 0 Å². The normalized spacial score (nSPS) is 14.4. The number of carbonyl (C=O) groups excluding carboxylic acids is 6. The molecule has 0 aliphatic heterocycles. The van der Waals surface area contributed by atoms with Crippen LogP contribution in [-0.2, 0) is 66.3 Å². The van der Waals surface area contributed by atoms with Gasteiger partial charge in [0.05, 0.1) is 58.9 Å². The molecule has 41 heavy (non-hydrogen) atoms. The van der Waals surface area contributed by atoms with Crippen molar-refractivity contribution in [3.63, 3.8) is 0 Å². The maximum atomic E-state index is 14.4. The first-order valence-electron chi connectivity index (χ1n) is 13.0. The molecule has 0 aromatic carbocycles. The Morgan fingerprint density at radius 2 is 0.829 bits per heavy atom. The summed E-state index contributed by atoms with van der Waals surface area (Å²) in [6.07, 6.45) is -3.72. The maximum absolute atomic E-state index is 14.4. The molecule has 0 N–H and O–H groups in total. The Labute approximate surface area is 247 Å². The smallest absolute Gasteiger partial charge is 0.336 e. The standard InChI is InChI=1S/C24H39O14PS2/c1-7-32-19(25)13-16(22(28)35-10-4)38-39(31,40-17(23(29)36-11-5)14-20(26)33-8-2)41-18(24(30)37-12-6)15-21(27)34-9-3/h16-18H,7-15H2,1-6H3. The van der Waals surface area contributed by atoms with Crippen LogP contribution in [0.15, 0.2) is 0 Å². The van der Waals surface area contributed by atoms with Crippen LogP contribution in [0.5, 0.6) is 0 Å². The van der Waals surface area contributed by atoms with Gasteiger partial charge in [0.15, 0.2) is 6.10 Å². The first-order valence-corrected chi connectivity index (χ1v) is 17.6. The van der Waals surface area contributed by atoms with Crippen LogP contribution in [0, 0.1) is 0 Å². The highest BCUT2D eigenvalue weighted by atomic mass is 33.1. The van der Waals surface area contributed by atoms with Gasteiger partial charge in [-0.2, -0.15) is 0 Å². The molecule has 0 saturated carbocycles. The van der Waals surface area contributed by atoms with Crippen LogP contribution < -0.4 is 0 Å². The fraction of sp³-hybridized carbons (Fsp3) is 0.750. The van der Waals surface area contributed by atoms with Gasteiger partial charge in [-0.1, -0.05) is 0 Å². The van der Waals surface area contributed by atoms with E-state index in [9.17, 15) is 33.3 Å². The largest absolute Gasteiger partial charge is 0.466 e. The second-order valence-corrected chi connectivity index (χ2v) is 15.0. The van der Waals surface area contributed by atoms with Crippen molar-refractivity contribution in [2.45, 2.75) is 77.4 Å². The predicted molar refractivity (Wildman–Crippen MR) is 149 cm³/mol. The SMILES string of the molecule is CCOC(=O)CC(OP(=O)(SC(CC(=O)OCC)C(=O)OCC)SC(CC(=O)OCC)C(=O)OCC)C(=O)OCC. The fourth-order valence-electron chi connectivity index (χ4n) is 2.85. The van der Waals surface area contributed by atoms with Gasteiger partial charge in [-0.3, -0.25) is 33.1 Å². The van der Waals surface area contributed by atoms with E-state index in [2.05, 4.69) is 0 Å². The van der Waals surface area contributed by atoms with E-state index in [0.717, 1.165) is 0 Å². The maximum Gasteiger partial charge on any atom is 0.336 e. The monoisotopic (exact) mass is 646 g/mol. The second kappa shape index (κ2) is 21.4. The van der Waals surface area contributed by atoms with Crippen LogP contribution in [-0.4, -0.2) is 92.1 Å². The molecule has 0 aliphatic rings. The summed E-state index contributed by atoms with van der Waals surface area (Å²) in [4.78, 5) is 75.0. The quantitative estimate of drug-likeness (QED) is 0.100. The van der Waals surface area contributed by atoms with Gasteiger partial charge in [0.2, 0.25) is 0 Å². The molecule has 0 bridgehead atoms. The third kappa shape index (κ3) is 16.1. The Bertz CT molecular complexity index is 814. The Morgan fingerprint density at radius 3 is 1.17 bits per heavy atom. The number of carbonyl (C=O) groups is 6. The third-order valence-electron chi connectivity index (χ3n) is 4.39. The Balaban J connectivity index is 6.69. The van der Waals surface area contributed by atoms with Gasteiger partial charge in [-0.25, -0.2) is 4.79 Å². The highest BCUT2D eigenvalue weighted by molar-refractivity contribution is 8.89. The zero-order chi connectivity index (χ0) is 31.4. The van der Waals surface area contributed by atoms with Gasteiger partial charge < -0.3 is 28.4 Å². The van der Waals surface area contributed by atoms with Gasteiger partial charge in [-0.05, 0) is 64.3 Å². The van der Waals surface area contributed by atoms with Crippen molar-refractivity contribution in [2.75, 3.05) is 39.6 Å². The molecular weight excluding hydrogens is 607 g/mol. The molecule has 0 saturated heterocycles. The van der Waals surface area contributed by atoms with Crippen molar-refractivity contribution >= 4 is 64.4 Å². The van der Waals surface area contributed by atoms with Gasteiger partial charge in [0.1, 0.15) is 10.5 Å². The van der Waals surface area contributed by atoms with Crippen LogP contribution >= 0.6 is 28.5 Å². The summed E-state index contributed by atoms with van der Waals surface area (Å²) in [7, 11) is 0. The topological polar surface area (TPSA) is 184 Å².